The number of hydrogen-bond donors (Lipinski definition) is 2. The van der Waals surface area contributed by atoms with E-state index in [1.54, 1.807) is 6.07 Å². The van der Waals surface area contributed by atoms with Gasteiger partial charge in [-0.15, -0.1) is 0 Å². The molecule has 1 aliphatic rings. The summed E-state index contributed by atoms with van der Waals surface area (Å²) < 4.78 is 40.5. The first-order chi connectivity index (χ1) is 12.8. The van der Waals surface area contributed by atoms with Crippen molar-refractivity contribution in [2.45, 2.75) is 4.90 Å². The standard InChI is InChI=1S/C18H20FN3O4S/c1-21-7-9-22(10-8-21)14-5-6-17(16(12-14)18(23)24)20-27(25,26)15-4-2-3-13(19)11-15/h2-6,11-12,20H,7-10H2,1H3,(H,23,24). The zero-order valence-corrected chi connectivity index (χ0v) is 15.5. The quantitative estimate of drug-likeness (QED) is 0.808. The molecule has 0 unspecified atom stereocenters. The van der Waals surface area contributed by atoms with Gasteiger partial charge in [0.25, 0.3) is 10.0 Å². The van der Waals surface area contributed by atoms with Gasteiger partial charge in [0.15, 0.2) is 0 Å². The number of likely N-dealkylation sites (N-methyl/N-ethyl adjacent to an activating group) is 1. The number of sulfonamides is 1. The third kappa shape index (κ3) is 4.37. The second-order valence-electron chi connectivity index (χ2n) is 6.39. The van der Waals surface area contributed by atoms with Crippen LogP contribution in [0.3, 0.4) is 0 Å². The summed E-state index contributed by atoms with van der Waals surface area (Å²) in [6, 6.07) is 9.09. The van der Waals surface area contributed by atoms with Gasteiger partial charge in [0.1, 0.15) is 5.82 Å². The van der Waals surface area contributed by atoms with Gasteiger partial charge in [0.05, 0.1) is 16.1 Å². The number of nitrogens with zero attached hydrogens (tertiary/aromatic N) is 2. The third-order valence-electron chi connectivity index (χ3n) is 4.45. The van der Waals surface area contributed by atoms with E-state index in [9.17, 15) is 22.7 Å². The summed E-state index contributed by atoms with van der Waals surface area (Å²) in [5.41, 5.74) is 0.491. The molecule has 1 saturated heterocycles. The summed E-state index contributed by atoms with van der Waals surface area (Å²) in [4.78, 5) is 15.6. The van der Waals surface area contributed by atoms with Crippen LogP contribution < -0.4 is 9.62 Å². The SMILES string of the molecule is CN1CCN(c2ccc(NS(=O)(=O)c3cccc(F)c3)c(C(=O)O)c2)CC1. The summed E-state index contributed by atoms with van der Waals surface area (Å²) in [5, 5.41) is 9.52. The highest BCUT2D eigenvalue weighted by Crippen LogP contribution is 2.26. The summed E-state index contributed by atoms with van der Waals surface area (Å²) in [6.07, 6.45) is 0. The van der Waals surface area contributed by atoms with Crippen LogP contribution in [0, 0.1) is 5.82 Å². The molecule has 0 aromatic heterocycles. The number of halogens is 1. The Morgan fingerprint density at radius 1 is 1.11 bits per heavy atom. The number of rotatable bonds is 5. The Bertz CT molecular complexity index is 957. The number of carboxylic acid groups (broad SMARTS) is 1. The van der Waals surface area contributed by atoms with E-state index in [1.165, 1.54) is 24.3 Å². The highest BCUT2D eigenvalue weighted by atomic mass is 32.2. The molecule has 3 rings (SSSR count). The molecule has 9 heteroatoms. The van der Waals surface area contributed by atoms with Crippen LogP contribution in [-0.4, -0.2) is 57.6 Å². The Hall–Kier alpha value is -2.65. The van der Waals surface area contributed by atoms with E-state index in [0.29, 0.717) is 5.69 Å². The maximum absolute atomic E-state index is 13.3. The second-order valence-corrected chi connectivity index (χ2v) is 8.07. The van der Waals surface area contributed by atoms with Crippen molar-refractivity contribution in [3.05, 3.63) is 53.8 Å². The van der Waals surface area contributed by atoms with Gasteiger partial charge in [-0.3, -0.25) is 4.72 Å². The Morgan fingerprint density at radius 3 is 2.44 bits per heavy atom. The summed E-state index contributed by atoms with van der Waals surface area (Å²) >= 11 is 0. The minimum Gasteiger partial charge on any atom is -0.478 e. The highest BCUT2D eigenvalue weighted by Gasteiger charge is 2.21. The van der Waals surface area contributed by atoms with Crippen LogP contribution in [0.15, 0.2) is 47.4 Å². The number of piperazine rings is 1. The Labute approximate surface area is 157 Å². The van der Waals surface area contributed by atoms with E-state index in [4.69, 9.17) is 0 Å². The highest BCUT2D eigenvalue weighted by molar-refractivity contribution is 7.92. The van der Waals surface area contributed by atoms with E-state index in [0.717, 1.165) is 38.3 Å². The molecule has 0 bridgehead atoms. The molecule has 0 aliphatic carbocycles. The first-order valence-corrected chi connectivity index (χ1v) is 9.84. The predicted molar refractivity (Wildman–Crippen MR) is 100 cm³/mol. The molecule has 1 fully saturated rings. The molecule has 2 aromatic rings. The van der Waals surface area contributed by atoms with Gasteiger partial charge >= 0.3 is 5.97 Å². The largest absolute Gasteiger partial charge is 0.478 e. The van der Waals surface area contributed by atoms with Crippen molar-refractivity contribution in [3.63, 3.8) is 0 Å². The fourth-order valence-electron chi connectivity index (χ4n) is 2.90. The molecule has 0 saturated carbocycles. The van der Waals surface area contributed by atoms with Gasteiger partial charge < -0.3 is 14.9 Å². The van der Waals surface area contributed by atoms with Crippen LogP contribution in [0.2, 0.25) is 0 Å². The van der Waals surface area contributed by atoms with Crippen molar-refractivity contribution in [2.24, 2.45) is 0 Å². The Balaban J connectivity index is 1.90. The van der Waals surface area contributed by atoms with Gasteiger partial charge in [-0.05, 0) is 43.4 Å². The zero-order chi connectivity index (χ0) is 19.6. The average Bonchev–Trinajstić information content (AvgIpc) is 2.62. The second kappa shape index (κ2) is 7.53. The Kier molecular flexibility index (Phi) is 5.33. The van der Waals surface area contributed by atoms with Crippen molar-refractivity contribution in [2.75, 3.05) is 42.8 Å². The van der Waals surface area contributed by atoms with Crippen molar-refractivity contribution in [1.29, 1.82) is 0 Å². The van der Waals surface area contributed by atoms with E-state index in [1.807, 2.05) is 7.05 Å². The molecule has 1 aliphatic heterocycles. The molecular formula is C18H20FN3O4S. The molecule has 0 radical (unpaired) electrons. The molecule has 0 amide bonds. The lowest BCUT2D eigenvalue weighted by Gasteiger charge is -2.34. The number of nitrogens with one attached hydrogen (secondary N) is 1. The third-order valence-corrected chi connectivity index (χ3v) is 5.82. The number of aromatic carboxylic acids is 1. The smallest absolute Gasteiger partial charge is 0.337 e. The van der Waals surface area contributed by atoms with Crippen LogP contribution in [0.5, 0.6) is 0 Å². The number of carbonyl (C=O) groups is 1. The van der Waals surface area contributed by atoms with Gasteiger partial charge in [0, 0.05) is 31.9 Å². The fourth-order valence-corrected chi connectivity index (χ4v) is 4.01. The fraction of sp³-hybridized carbons (Fsp3) is 0.278. The molecule has 7 nitrogen and oxygen atoms in total. The lowest BCUT2D eigenvalue weighted by molar-refractivity contribution is 0.0698. The van der Waals surface area contributed by atoms with Gasteiger partial charge in [-0.1, -0.05) is 6.07 Å². The number of benzene rings is 2. The molecule has 0 spiro atoms. The van der Waals surface area contributed by atoms with Crippen molar-refractivity contribution in [1.82, 2.24) is 4.90 Å². The van der Waals surface area contributed by atoms with Gasteiger partial charge in [0.2, 0.25) is 0 Å². The van der Waals surface area contributed by atoms with Crippen LogP contribution >= 0.6 is 0 Å². The van der Waals surface area contributed by atoms with Crippen LogP contribution in [-0.2, 0) is 10.0 Å². The molecular weight excluding hydrogens is 373 g/mol. The molecule has 144 valence electrons. The van der Waals surface area contributed by atoms with Gasteiger partial charge in [-0.25, -0.2) is 17.6 Å². The van der Waals surface area contributed by atoms with Gasteiger partial charge in [-0.2, -0.15) is 0 Å². The predicted octanol–water partition coefficient (Wildman–Crippen LogP) is 2.08. The minimum atomic E-state index is -4.11. The lowest BCUT2D eigenvalue weighted by Crippen LogP contribution is -2.44. The lowest BCUT2D eigenvalue weighted by atomic mass is 10.1. The van der Waals surface area contributed by atoms with Crippen molar-refractivity contribution < 1.29 is 22.7 Å². The van der Waals surface area contributed by atoms with E-state index in [-0.39, 0.29) is 16.1 Å². The van der Waals surface area contributed by atoms with E-state index in [2.05, 4.69) is 14.5 Å². The van der Waals surface area contributed by atoms with Crippen LogP contribution in [0.1, 0.15) is 10.4 Å². The normalized spacial score (nSPS) is 15.6. The molecule has 1 heterocycles. The maximum Gasteiger partial charge on any atom is 0.337 e. The van der Waals surface area contributed by atoms with Crippen LogP contribution in [0.25, 0.3) is 0 Å². The molecule has 0 atom stereocenters. The average molecular weight is 393 g/mol. The van der Waals surface area contributed by atoms with Crippen LogP contribution in [0.4, 0.5) is 15.8 Å². The maximum atomic E-state index is 13.3. The molecule has 2 aromatic carbocycles. The number of hydrogen-bond acceptors (Lipinski definition) is 5. The van der Waals surface area contributed by atoms with E-state index < -0.39 is 21.8 Å². The topological polar surface area (TPSA) is 90.0 Å². The summed E-state index contributed by atoms with van der Waals surface area (Å²) in [6.45, 7) is 3.22. The monoisotopic (exact) mass is 393 g/mol. The molecule has 2 N–H and O–H groups in total. The number of anilines is 2. The Morgan fingerprint density at radius 2 is 1.81 bits per heavy atom. The van der Waals surface area contributed by atoms with Crippen molar-refractivity contribution >= 4 is 27.4 Å². The zero-order valence-electron chi connectivity index (χ0n) is 14.7. The summed E-state index contributed by atoms with van der Waals surface area (Å²) in [5.74, 6) is -1.94. The van der Waals surface area contributed by atoms with Crippen molar-refractivity contribution in [3.8, 4) is 0 Å². The molecule has 27 heavy (non-hydrogen) atoms. The van der Waals surface area contributed by atoms with E-state index >= 15 is 0 Å². The first-order valence-electron chi connectivity index (χ1n) is 8.35. The first kappa shape index (κ1) is 19.1. The summed E-state index contributed by atoms with van der Waals surface area (Å²) in [7, 11) is -2.09. The minimum absolute atomic E-state index is 0.0651. The number of carboxylic acids is 1.